The van der Waals surface area contributed by atoms with Crippen molar-refractivity contribution in [1.29, 1.82) is 0 Å². The quantitative estimate of drug-likeness (QED) is 0.859. The summed E-state index contributed by atoms with van der Waals surface area (Å²) in [4.78, 5) is 17.9. The number of nitrogens with zero attached hydrogens (tertiary/aromatic N) is 3. The number of hydrogen-bond donors (Lipinski definition) is 1. The molecule has 6 nitrogen and oxygen atoms in total. The Bertz CT molecular complexity index is 593. The molecule has 7 heteroatoms. The number of β-amino-alcohol motifs (C(OH)–C–C–N with tert-alkyl or cyclic N) is 1. The topological polar surface area (TPSA) is 56.2 Å². The van der Waals surface area contributed by atoms with Crippen molar-refractivity contribution in [2.24, 2.45) is 0 Å². The molecule has 0 aromatic heterocycles. The Labute approximate surface area is 147 Å². The number of benzene rings is 1. The maximum absolute atomic E-state index is 13.9. The van der Waals surface area contributed by atoms with Gasteiger partial charge in [-0.05, 0) is 18.6 Å². The van der Waals surface area contributed by atoms with Crippen LogP contribution in [0.5, 0.6) is 0 Å². The molecular formula is C18H26FN3O3. The Kier molecular flexibility index (Phi) is 5.88. The average Bonchev–Trinajstić information content (AvgIpc) is 2.62. The van der Waals surface area contributed by atoms with E-state index in [4.69, 9.17) is 4.74 Å². The number of methoxy groups -OCH3 is 1. The second kappa shape index (κ2) is 8.12. The molecule has 1 N–H and O–H groups in total. The van der Waals surface area contributed by atoms with Crippen molar-refractivity contribution in [1.82, 2.24) is 9.80 Å². The van der Waals surface area contributed by atoms with E-state index in [1.54, 1.807) is 17.0 Å². The number of hydrogen-bond acceptors (Lipinski definition) is 5. The number of anilines is 1. The molecule has 0 radical (unpaired) electrons. The summed E-state index contributed by atoms with van der Waals surface area (Å²) in [5.74, 6) is -0.273. The van der Waals surface area contributed by atoms with Gasteiger partial charge in [-0.3, -0.25) is 9.69 Å². The summed E-state index contributed by atoms with van der Waals surface area (Å²) >= 11 is 0. The number of rotatable bonds is 4. The largest absolute Gasteiger partial charge is 0.390 e. The summed E-state index contributed by atoms with van der Waals surface area (Å²) < 4.78 is 18.8. The first kappa shape index (κ1) is 18.1. The monoisotopic (exact) mass is 351 g/mol. The fraction of sp³-hybridized carbons (Fsp3) is 0.611. The lowest BCUT2D eigenvalue weighted by Crippen LogP contribution is -2.59. The van der Waals surface area contributed by atoms with Crippen LogP contribution in [0.4, 0.5) is 10.1 Å². The lowest BCUT2D eigenvalue weighted by Gasteiger charge is -2.45. The van der Waals surface area contributed by atoms with Crippen molar-refractivity contribution in [3.63, 3.8) is 0 Å². The van der Waals surface area contributed by atoms with Crippen molar-refractivity contribution in [2.45, 2.75) is 18.6 Å². The van der Waals surface area contributed by atoms with E-state index in [0.717, 1.165) is 32.6 Å². The number of halogens is 1. The van der Waals surface area contributed by atoms with E-state index in [1.807, 2.05) is 6.07 Å². The van der Waals surface area contributed by atoms with Gasteiger partial charge >= 0.3 is 0 Å². The first-order valence-electron chi connectivity index (χ1n) is 8.78. The van der Waals surface area contributed by atoms with E-state index in [2.05, 4.69) is 9.80 Å². The van der Waals surface area contributed by atoms with Crippen LogP contribution < -0.4 is 4.90 Å². The molecule has 2 saturated heterocycles. The van der Waals surface area contributed by atoms with Crippen LogP contribution in [-0.2, 0) is 9.53 Å². The van der Waals surface area contributed by atoms with Gasteiger partial charge in [-0.2, -0.15) is 0 Å². The summed E-state index contributed by atoms with van der Waals surface area (Å²) in [5, 5.41) is 10.5. The van der Waals surface area contributed by atoms with Gasteiger partial charge < -0.3 is 19.6 Å². The highest BCUT2D eigenvalue weighted by Gasteiger charge is 2.35. The number of piperazine rings is 1. The van der Waals surface area contributed by atoms with Crippen LogP contribution >= 0.6 is 0 Å². The minimum Gasteiger partial charge on any atom is -0.390 e. The molecule has 2 heterocycles. The van der Waals surface area contributed by atoms with Crippen molar-refractivity contribution >= 4 is 11.6 Å². The number of carbonyl (C=O) groups is 1. The normalized spacial score (nSPS) is 25.2. The third kappa shape index (κ3) is 4.11. The SMILES string of the molecule is COCC(=O)N1CC[C@@H](N2CCN(c3ccccc3F)CC2)[C@H](O)C1. The predicted octanol–water partition coefficient (Wildman–Crippen LogP) is 0.556. The third-order valence-corrected chi connectivity index (χ3v) is 5.14. The summed E-state index contributed by atoms with van der Waals surface area (Å²) in [6.07, 6.45) is 0.186. The average molecular weight is 351 g/mol. The van der Waals surface area contributed by atoms with Gasteiger partial charge in [0.05, 0.1) is 11.8 Å². The zero-order valence-corrected chi connectivity index (χ0v) is 14.6. The molecule has 3 rings (SSSR count). The van der Waals surface area contributed by atoms with E-state index in [-0.39, 0.29) is 24.4 Å². The van der Waals surface area contributed by atoms with E-state index in [0.29, 0.717) is 18.8 Å². The van der Waals surface area contributed by atoms with Crippen LogP contribution in [0.2, 0.25) is 0 Å². The summed E-state index contributed by atoms with van der Waals surface area (Å²) in [6, 6.07) is 6.89. The first-order chi connectivity index (χ1) is 12.1. The molecule has 2 aliphatic rings. The highest BCUT2D eigenvalue weighted by Crippen LogP contribution is 2.23. The fourth-order valence-electron chi connectivity index (χ4n) is 3.79. The van der Waals surface area contributed by atoms with Crippen LogP contribution in [0.3, 0.4) is 0 Å². The number of piperidine rings is 1. The lowest BCUT2D eigenvalue weighted by molar-refractivity contribution is -0.140. The zero-order chi connectivity index (χ0) is 17.8. The molecule has 2 fully saturated rings. The summed E-state index contributed by atoms with van der Waals surface area (Å²) in [5.41, 5.74) is 0.641. The van der Waals surface area contributed by atoms with Crippen LogP contribution in [0.1, 0.15) is 6.42 Å². The minimum atomic E-state index is -0.561. The molecule has 2 atom stereocenters. The molecule has 0 saturated carbocycles. The lowest BCUT2D eigenvalue weighted by atomic mass is 9.99. The van der Waals surface area contributed by atoms with Gasteiger partial charge in [-0.25, -0.2) is 4.39 Å². The number of carbonyl (C=O) groups excluding carboxylic acids is 1. The van der Waals surface area contributed by atoms with E-state index < -0.39 is 6.10 Å². The highest BCUT2D eigenvalue weighted by atomic mass is 19.1. The molecule has 138 valence electrons. The maximum Gasteiger partial charge on any atom is 0.248 e. The number of para-hydroxylation sites is 1. The van der Waals surface area contributed by atoms with Gasteiger partial charge in [0.15, 0.2) is 0 Å². The molecule has 1 aromatic rings. The smallest absolute Gasteiger partial charge is 0.248 e. The van der Waals surface area contributed by atoms with Gasteiger partial charge in [0.2, 0.25) is 5.91 Å². The van der Waals surface area contributed by atoms with E-state index >= 15 is 0 Å². The number of aliphatic hydroxyl groups is 1. The van der Waals surface area contributed by atoms with Crippen LogP contribution in [0.25, 0.3) is 0 Å². The standard InChI is InChI=1S/C18H26FN3O3/c1-25-13-18(24)22-7-6-16(17(23)12-22)21-10-8-20(9-11-21)15-5-3-2-4-14(15)19/h2-5,16-17,23H,6-13H2,1H3/t16-,17-/m1/s1. The van der Waals surface area contributed by atoms with Crippen LogP contribution in [-0.4, -0.2) is 85.9 Å². The van der Waals surface area contributed by atoms with E-state index in [1.165, 1.54) is 13.2 Å². The van der Waals surface area contributed by atoms with Crippen molar-refractivity contribution in [2.75, 3.05) is 57.9 Å². The number of likely N-dealkylation sites (tertiary alicyclic amines) is 1. The molecule has 0 aliphatic carbocycles. The van der Waals surface area contributed by atoms with Crippen molar-refractivity contribution in [3.05, 3.63) is 30.1 Å². The zero-order valence-electron chi connectivity index (χ0n) is 14.6. The predicted molar refractivity (Wildman–Crippen MR) is 93.1 cm³/mol. The van der Waals surface area contributed by atoms with E-state index in [9.17, 15) is 14.3 Å². The molecule has 1 aromatic carbocycles. The number of ether oxygens (including phenoxy) is 1. The summed E-state index contributed by atoms with van der Waals surface area (Å²) in [6.45, 7) is 4.06. The van der Waals surface area contributed by atoms with Gasteiger partial charge in [0.1, 0.15) is 12.4 Å². The Morgan fingerprint density at radius 2 is 1.96 bits per heavy atom. The molecule has 1 amide bonds. The number of aliphatic hydroxyl groups excluding tert-OH is 1. The van der Waals surface area contributed by atoms with Gasteiger partial charge in [0, 0.05) is 52.4 Å². The fourth-order valence-corrected chi connectivity index (χ4v) is 3.79. The molecular weight excluding hydrogens is 325 g/mol. The van der Waals surface area contributed by atoms with Crippen LogP contribution in [0, 0.1) is 5.82 Å². The van der Waals surface area contributed by atoms with Crippen LogP contribution in [0.15, 0.2) is 24.3 Å². The second-order valence-corrected chi connectivity index (χ2v) is 6.67. The van der Waals surface area contributed by atoms with Gasteiger partial charge in [-0.15, -0.1) is 0 Å². The highest BCUT2D eigenvalue weighted by molar-refractivity contribution is 5.77. The molecule has 25 heavy (non-hydrogen) atoms. The molecule has 2 aliphatic heterocycles. The minimum absolute atomic E-state index is 0.0503. The van der Waals surface area contributed by atoms with Gasteiger partial charge in [-0.1, -0.05) is 12.1 Å². The Hall–Kier alpha value is -1.70. The molecule has 0 spiro atoms. The third-order valence-electron chi connectivity index (χ3n) is 5.14. The Morgan fingerprint density at radius 1 is 1.24 bits per heavy atom. The van der Waals surface area contributed by atoms with Gasteiger partial charge in [0.25, 0.3) is 0 Å². The Balaban J connectivity index is 1.53. The molecule has 0 bridgehead atoms. The van der Waals surface area contributed by atoms with Crippen molar-refractivity contribution in [3.8, 4) is 0 Å². The number of amides is 1. The summed E-state index contributed by atoms with van der Waals surface area (Å²) in [7, 11) is 1.50. The second-order valence-electron chi connectivity index (χ2n) is 6.67. The van der Waals surface area contributed by atoms with Crippen molar-refractivity contribution < 1.29 is 19.0 Å². The maximum atomic E-state index is 13.9. The Morgan fingerprint density at radius 3 is 2.60 bits per heavy atom. The molecule has 0 unspecified atom stereocenters. The first-order valence-corrected chi connectivity index (χ1v) is 8.78.